The quantitative estimate of drug-likeness (QED) is 0.465. The Kier molecular flexibility index (Phi) is 6.92. The van der Waals surface area contributed by atoms with Gasteiger partial charge in [0.1, 0.15) is 23.9 Å². The number of hydrogen-bond acceptors (Lipinski definition) is 8. The van der Waals surface area contributed by atoms with Crippen molar-refractivity contribution in [3.8, 4) is 11.5 Å². The highest BCUT2D eigenvalue weighted by atomic mass is 32.2. The van der Waals surface area contributed by atoms with Crippen LogP contribution in [0.2, 0.25) is 0 Å². The summed E-state index contributed by atoms with van der Waals surface area (Å²) in [5, 5.41) is 0. The third-order valence-electron chi connectivity index (χ3n) is 3.91. The molecule has 0 spiro atoms. The molecule has 0 saturated carbocycles. The molecule has 0 aliphatic rings. The fourth-order valence-corrected chi connectivity index (χ4v) is 4.26. The van der Waals surface area contributed by atoms with E-state index in [-0.39, 0.29) is 28.9 Å². The molecular formula is C19H20N4O6S2. The second kappa shape index (κ2) is 9.62. The molecule has 0 aliphatic heterocycles. The van der Waals surface area contributed by atoms with E-state index >= 15 is 0 Å². The summed E-state index contributed by atoms with van der Waals surface area (Å²) in [5.41, 5.74) is 0.222. The molecule has 10 nitrogen and oxygen atoms in total. The zero-order chi connectivity index (χ0) is 22.3. The SMILES string of the molecule is COc1ccc(OCCS(=O)(=O)Nc2ccc(S(=O)(=O)Nc3ncccn3)cc2)cc1. The number of ether oxygens (including phenoxy) is 2. The normalized spacial score (nSPS) is 11.5. The highest BCUT2D eigenvalue weighted by molar-refractivity contribution is 7.93. The van der Waals surface area contributed by atoms with Gasteiger partial charge in [-0.3, -0.25) is 4.72 Å². The first kappa shape index (κ1) is 22.3. The summed E-state index contributed by atoms with van der Waals surface area (Å²) in [6, 6.07) is 13.6. The number of anilines is 2. The van der Waals surface area contributed by atoms with E-state index in [2.05, 4.69) is 19.4 Å². The molecule has 12 heteroatoms. The molecule has 0 fully saturated rings. The van der Waals surface area contributed by atoms with Crippen LogP contribution in [0.5, 0.6) is 11.5 Å². The van der Waals surface area contributed by atoms with Crippen LogP contribution in [0, 0.1) is 0 Å². The molecule has 0 amide bonds. The maximum atomic E-state index is 12.4. The predicted molar refractivity (Wildman–Crippen MR) is 115 cm³/mol. The van der Waals surface area contributed by atoms with Crippen molar-refractivity contribution < 1.29 is 26.3 Å². The van der Waals surface area contributed by atoms with Gasteiger partial charge < -0.3 is 9.47 Å². The number of aromatic nitrogens is 2. The summed E-state index contributed by atoms with van der Waals surface area (Å²) in [6.45, 7) is -0.0604. The molecule has 0 unspecified atom stereocenters. The molecule has 0 aliphatic carbocycles. The van der Waals surface area contributed by atoms with Crippen LogP contribution < -0.4 is 18.9 Å². The summed E-state index contributed by atoms with van der Waals surface area (Å²) in [6.07, 6.45) is 2.81. The Morgan fingerprint density at radius 2 is 1.45 bits per heavy atom. The van der Waals surface area contributed by atoms with Gasteiger partial charge in [0.15, 0.2) is 0 Å². The van der Waals surface area contributed by atoms with Gasteiger partial charge in [0.25, 0.3) is 10.0 Å². The van der Waals surface area contributed by atoms with Crippen LogP contribution in [-0.4, -0.2) is 46.3 Å². The van der Waals surface area contributed by atoms with Gasteiger partial charge in [0, 0.05) is 18.1 Å². The van der Waals surface area contributed by atoms with Crippen LogP contribution in [0.1, 0.15) is 0 Å². The minimum Gasteiger partial charge on any atom is -0.497 e. The Morgan fingerprint density at radius 1 is 0.839 bits per heavy atom. The van der Waals surface area contributed by atoms with Crippen molar-refractivity contribution in [3.63, 3.8) is 0 Å². The number of sulfonamides is 2. The van der Waals surface area contributed by atoms with Gasteiger partial charge in [-0.1, -0.05) is 0 Å². The molecule has 2 aromatic carbocycles. The lowest BCUT2D eigenvalue weighted by molar-refractivity contribution is 0.340. The lowest BCUT2D eigenvalue weighted by atomic mass is 10.3. The molecule has 1 heterocycles. The Bertz CT molecular complexity index is 1200. The Morgan fingerprint density at radius 3 is 2.06 bits per heavy atom. The number of benzene rings is 2. The Hall–Kier alpha value is -3.38. The minimum atomic E-state index is -3.90. The standard InChI is InChI=1S/C19H20N4O6S2/c1-28-16-5-7-17(8-6-16)29-13-14-30(24,25)22-15-3-9-18(10-4-15)31(26,27)23-19-20-11-2-12-21-19/h2-12,22H,13-14H2,1H3,(H,20,21,23). The molecule has 2 N–H and O–H groups in total. The lowest BCUT2D eigenvalue weighted by Crippen LogP contribution is -2.21. The van der Waals surface area contributed by atoms with Crippen molar-refractivity contribution in [2.24, 2.45) is 0 Å². The molecule has 3 aromatic rings. The topological polar surface area (TPSA) is 137 Å². The van der Waals surface area contributed by atoms with Crippen LogP contribution in [0.25, 0.3) is 0 Å². The molecule has 0 bridgehead atoms. The van der Waals surface area contributed by atoms with E-state index in [4.69, 9.17) is 9.47 Å². The Labute approximate surface area is 180 Å². The molecule has 0 atom stereocenters. The van der Waals surface area contributed by atoms with Crippen LogP contribution in [-0.2, 0) is 20.0 Å². The second-order valence-electron chi connectivity index (χ2n) is 6.15. The summed E-state index contributed by atoms with van der Waals surface area (Å²) in [4.78, 5) is 7.54. The molecule has 1 aromatic heterocycles. The van der Waals surface area contributed by atoms with Crippen LogP contribution in [0.4, 0.5) is 11.6 Å². The van der Waals surface area contributed by atoms with E-state index in [1.165, 1.54) is 36.7 Å². The second-order valence-corrected chi connectivity index (χ2v) is 9.67. The average Bonchev–Trinajstić information content (AvgIpc) is 2.74. The monoisotopic (exact) mass is 464 g/mol. The van der Waals surface area contributed by atoms with Crippen LogP contribution in [0.15, 0.2) is 71.9 Å². The third kappa shape index (κ3) is 6.55. The van der Waals surface area contributed by atoms with Gasteiger partial charge in [0.05, 0.1) is 12.0 Å². The first-order valence-corrected chi connectivity index (χ1v) is 12.1. The lowest BCUT2D eigenvalue weighted by Gasteiger charge is -2.11. The molecule has 0 saturated heterocycles. The minimum absolute atomic E-state index is 0.0604. The van der Waals surface area contributed by atoms with Crippen molar-refractivity contribution in [1.29, 1.82) is 0 Å². The fourth-order valence-electron chi connectivity index (χ4n) is 2.40. The number of nitrogens with one attached hydrogen (secondary N) is 2. The fraction of sp³-hybridized carbons (Fsp3) is 0.158. The van der Waals surface area contributed by atoms with E-state index in [1.54, 1.807) is 37.4 Å². The van der Waals surface area contributed by atoms with Crippen LogP contribution in [0.3, 0.4) is 0 Å². The van der Waals surface area contributed by atoms with E-state index in [0.717, 1.165) is 0 Å². The van der Waals surface area contributed by atoms with Gasteiger partial charge in [-0.2, -0.15) is 0 Å². The molecule has 164 valence electrons. The van der Waals surface area contributed by atoms with Crippen LogP contribution >= 0.6 is 0 Å². The first-order chi connectivity index (χ1) is 14.8. The molecule has 31 heavy (non-hydrogen) atoms. The van der Waals surface area contributed by atoms with Crippen molar-refractivity contribution in [2.75, 3.05) is 28.9 Å². The average molecular weight is 465 g/mol. The van der Waals surface area contributed by atoms with E-state index < -0.39 is 20.0 Å². The smallest absolute Gasteiger partial charge is 0.264 e. The summed E-state index contributed by atoms with van der Waals surface area (Å²) < 4.78 is 64.3. The zero-order valence-electron chi connectivity index (χ0n) is 16.4. The van der Waals surface area contributed by atoms with Gasteiger partial charge in [-0.05, 0) is 54.6 Å². The van der Waals surface area contributed by atoms with Crippen molar-refractivity contribution in [1.82, 2.24) is 9.97 Å². The zero-order valence-corrected chi connectivity index (χ0v) is 18.1. The number of methoxy groups -OCH3 is 1. The van der Waals surface area contributed by atoms with Crippen molar-refractivity contribution in [3.05, 3.63) is 67.0 Å². The molecule has 0 radical (unpaired) electrons. The molecular weight excluding hydrogens is 444 g/mol. The highest BCUT2D eigenvalue weighted by Crippen LogP contribution is 2.18. The van der Waals surface area contributed by atoms with E-state index in [0.29, 0.717) is 11.5 Å². The number of rotatable bonds is 10. The number of hydrogen-bond donors (Lipinski definition) is 2. The maximum absolute atomic E-state index is 12.4. The van der Waals surface area contributed by atoms with Gasteiger partial charge in [-0.25, -0.2) is 31.5 Å². The predicted octanol–water partition coefficient (Wildman–Crippen LogP) is 2.11. The first-order valence-electron chi connectivity index (χ1n) is 8.95. The summed E-state index contributed by atoms with van der Waals surface area (Å²) >= 11 is 0. The van der Waals surface area contributed by atoms with Gasteiger partial charge >= 0.3 is 0 Å². The largest absolute Gasteiger partial charge is 0.497 e. The Balaban J connectivity index is 1.56. The van der Waals surface area contributed by atoms with Crippen molar-refractivity contribution in [2.45, 2.75) is 4.90 Å². The highest BCUT2D eigenvalue weighted by Gasteiger charge is 2.16. The maximum Gasteiger partial charge on any atom is 0.264 e. The summed E-state index contributed by atoms with van der Waals surface area (Å²) in [7, 11) is -6.06. The molecule has 3 rings (SSSR count). The van der Waals surface area contributed by atoms with Crippen molar-refractivity contribution >= 4 is 31.7 Å². The third-order valence-corrected chi connectivity index (χ3v) is 6.50. The number of nitrogens with zero attached hydrogens (tertiary/aromatic N) is 2. The summed E-state index contributed by atoms with van der Waals surface area (Å²) in [5.74, 6) is 0.828. The van der Waals surface area contributed by atoms with Gasteiger partial charge in [-0.15, -0.1) is 0 Å². The van der Waals surface area contributed by atoms with Gasteiger partial charge in [0.2, 0.25) is 16.0 Å². The van der Waals surface area contributed by atoms with E-state index in [9.17, 15) is 16.8 Å². The van der Waals surface area contributed by atoms with E-state index in [1.807, 2.05) is 0 Å².